The van der Waals surface area contributed by atoms with Gasteiger partial charge in [0.25, 0.3) is 0 Å². The zero-order valence-corrected chi connectivity index (χ0v) is 9.38. The molecule has 18 heavy (non-hydrogen) atoms. The third kappa shape index (κ3) is 2.29. The fraction of sp³-hybridized carbons (Fsp3) is 0.500. The molecule has 2 rings (SSSR count). The third-order valence-electron chi connectivity index (χ3n) is 2.90. The molecule has 1 aromatic carbocycles. The molecule has 0 saturated carbocycles. The number of halogens is 4. The van der Waals surface area contributed by atoms with E-state index in [2.05, 4.69) is 0 Å². The quantitative estimate of drug-likeness (QED) is 0.850. The molecular formula is C12H12F4O2. The van der Waals surface area contributed by atoms with Crippen LogP contribution in [-0.2, 0) is 6.42 Å². The lowest BCUT2D eigenvalue weighted by atomic mass is 9.98. The van der Waals surface area contributed by atoms with Crippen molar-refractivity contribution < 1.29 is 27.4 Å². The maximum absolute atomic E-state index is 13.0. The molecule has 1 heterocycles. The summed E-state index contributed by atoms with van der Waals surface area (Å²) in [5, 5.41) is 9.35. The van der Waals surface area contributed by atoms with Gasteiger partial charge in [-0.15, -0.1) is 0 Å². The zero-order chi connectivity index (χ0) is 13.3. The van der Waals surface area contributed by atoms with Crippen LogP contribution in [0.3, 0.4) is 0 Å². The van der Waals surface area contributed by atoms with Gasteiger partial charge in [-0.2, -0.15) is 8.78 Å². The molecule has 100 valence electrons. The largest absolute Gasteiger partial charge is 0.493 e. The van der Waals surface area contributed by atoms with Crippen molar-refractivity contribution in [3.63, 3.8) is 0 Å². The van der Waals surface area contributed by atoms with Gasteiger partial charge in [0.15, 0.2) is 0 Å². The third-order valence-corrected chi connectivity index (χ3v) is 2.90. The van der Waals surface area contributed by atoms with Crippen LogP contribution in [0.5, 0.6) is 5.75 Å². The number of aryl methyl sites for hydroxylation is 1. The number of ether oxygens (including phenoxy) is 1. The topological polar surface area (TPSA) is 29.5 Å². The predicted molar refractivity (Wildman–Crippen MR) is 56.2 cm³/mol. The monoisotopic (exact) mass is 264 g/mol. The highest BCUT2D eigenvalue weighted by Gasteiger charge is 2.48. The summed E-state index contributed by atoms with van der Waals surface area (Å²) in [6, 6.07) is 3.91. The maximum atomic E-state index is 13.0. The van der Waals surface area contributed by atoms with Gasteiger partial charge in [-0.3, -0.25) is 0 Å². The Bertz CT molecular complexity index is 434. The van der Waals surface area contributed by atoms with Gasteiger partial charge in [0.05, 0.1) is 6.61 Å². The summed E-state index contributed by atoms with van der Waals surface area (Å²) in [5.74, 6) is -3.90. The smallest absolute Gasteiger partial charge is 0.336 e. The Balaban J connectivity index is 2.28. The highest BCUT2D eigenvalue weighted by atomic mass is 19.3. The van der Waals surface area contributed by atoms with Gasteiger partial charge in [-0.05, 0) is 36.1 Å². The summed E-state index contributed by atoms with van der Waals surface area (Å²) < 4.78 is 55.6. The minimum Gasteiger partial charge on any atom is -0.493 e. The van der Waals surface area contributed by atoms with Crippen molar-refractivity contribution in [3.8, 4) is 5.75 Å². The molecule has 0 radical (unpaired) electrons. The molecule has 1 unspecified atom stereocenters. The van der Waals surface area contributed by atoms with Crippen LogP contribution in [0, 0.1) is 0 Å². The highest BCUT2D eigenvalue weighted by molar-refractivity contribution is 5.39. The van der Waals surface area contributed by atoms with Crippen LogP contribution in [-0.4, -0.2) is 24.1 Å². The second-order valence-corrected chi connectivity index (χ2v) is 4.20. The van der Waals surface area contributed by atoms with Crippen LogP contribution in [0.15, 0.2) is 18.2 Å². The van der Waals surface area contributed by atoms with Gasteiger partial charge in [0, 0.05) is 0 Å². The van der Waals surface area contributed by atoms with Crippen molar-refractivity contribution >= 4 is 0 Å². The lowest BCUT2D eigenvalue weighted by Gasteiger charge is -2.24. The summed E-state index contributed by atoms with van der Waals surface area (Å²) in [4.78, 5) is 0. The molecule has 0 amide bonds. The zero-order valence-electron chi connectivity index (χ0n) is 9.38. The first-order valence-corrected chi connectivity index (χ1v) is 5.52. The molecule has 1 atom stereocenters. The number of aliphatic hydroxyl groups is 1. The summed E-state index contributed by atoms with van der Waals surface area (Å²) in [6.07, 6.45) is -5.06. The molecule has 0 saturated heterocycles. The molecule has 1 aliphatic rings. The minimum atomic E-state index is -4.45. The molecule has 0 bridgehead atoms. The first-order chi connectivity index (χ1) is 8.43. The SMILES string of the molecule is OC(c1ccc2c(c1)CCCO2)C(F)(F)C(F)F. The fourth-order valence-corrected chi connectivity index (χ4v) is 1.89. The summed E-state index contributed by atoms with van der Waals surface area (Å²) >= 11 is 0. The van der Waals surface area contributed by atoms with E-state index in [-0.39, 0.29) is 5.56 Å². The molecule has 2 nitrogen and oxygen atoms in total. The van der Waals surface area contributed by atoms with Gasteiger partial charge in [-0.25, -0.2) is 8.78 Å². The average Bonchev–Trinajstić information content (AvgIpc) is 2.37. The van der Waals surface area contributed by atoms with E-state index < -0.39 is 18.5 Å². The molecule has 1 aromatic rings. The molecular weight excluding hydrogens is 252 g/mol. The van der Waals surface area contributed by atoms with Crippen LogP contribution in [0.2, 0.25) is 0 Å². The number of aliphatic hydroxyl groups excluding tert-OH is 1. The molecule has 0 aliphatic carbocycles. The van der Waals surface area contributed by atoms with E-state index in [1.165, 1.54) is 18.2 Å². The standard InChI is InChI=1S/C12H12F4O2/c13-11(14)12(15,16)10(17)8-3-4-9-7(6-8)2-1-5-18-9/h3-4,6,10-11,17H,1-2,5H2. The van der Waals surface area contributed by atoms with E-state index in [4.69, 9.17) is 4.74 Å². The van der Waals surface area contributed by atoms with Gasteiger partial charge in [0.1, 0.15) is 11.9 Å². The highest BCUT2D eigenvalue weighted by Crippen LogP contribution is 2.38. The molecule has 0 spiro atoms. The van der Waals surface area contributed by atoms with E-state index in [0.717, 1.165) is 6.42 Å². The van der Waals surface area contributed by atoms with Crippen LogP contribution in [0.4, 0.5) is 17.6 Å². The Morgan fingerprint density at radius 3 is 2.67 bits per heavy atom. The first-order valence-electron chi connectivity index (χ1n) is 5.52. The van der Waals surface area contributed by atoms with Crippen molar-refractivity contribution in [1.29, 1.82) is 0 Å². The van der Waals surface area contributed by atoms with E-state index >= 15 is 0 Å². The number of rotatable bonds is 3. The number of benzene rings is 1. The normalized spacial score (nSPS) is 17.2. The Hall–Kier alpha value is -1.30. The Morgan fingerprint density at radius 2 is 2.00 bits per heavy atom. The Morgan fingerprint density at radius 1 is 1.28 bits per heavy atom. The van der Waals surface area contributed by atoms with Gasteiger partial charge in [0.2, 0.25) is 0 Å². The molecule has 0 aromatic heterocycles. The number of alkyl halides is 4. The summed E-state index contributed by atoms with van der Waals surface area (Å²) in [5.41, 5.74) is 0.437. The second kappa shape index (κ2) is 4.76. The minimum absolute atomic E-state index is 0.218. The van der Waals surface area contributed by atoms with Crippen LogP contribution < -0.4 is 4.74 Å². The first kappa shape index (κ1) is 13.1. The molecule has 1 N–H and O–H groups in total. The van der Waals surface area contributed by atoms with Crippen molar-refractivity contribution in [2.75, 3.05) is 6.61 Å². The summed E-state index contributed by atoms with van der Waals surface area (Å²) in [6.45, 7) is 0.544. The van der Waals surface area contributed by atoms with Crippen molar-refractivity contribution in [2.45, 2.75) is 31.3 Å². The van der Waals surface area contributed by atoms with Crippen molar-refractivity contribution in [1.82, 2.24) is 0 Å². The van der Waals surface area contributed by atoms with E-state index in [1.807, 2.05) is 0 Å². The Kier molecular flexibility index (Phi) is 3.47. The van der Waals surface area contributed by atoms with E-state index in [9.17, 15) is 22.7 Å². The molecule has 6 heteroatoms. The van der Waals surface area contributed by atoms with Crippen LogP contribution in [0.25, 0.3) is 0 Å². The van der Waals surface area contributed by atoms with Crippen molar-refractivity contribution in [3.05, 3.63) is 29.3 Å². The second-order valence-electron chi connectivity index (χ2n) is 4.20. The molecule has 0 fully saturated rings. The number of hydrogen-bond acceptors (Lipinski definition) is 2. The number of fused-ring (bicyclic) bond motifs is 1. The van der Waals surface area contributed by atoms with E-state index in [0.29, 0.717) is 24.3 Å². The molecule has 1 aliphatic heterocycles. The van der Waals surface area contributed by atoms with Crippen LogP contribution >= 0.6 is 0 Å². The average molecular weight is 264 g/mol. The van der Waals surface area contributed by atoms with Crippen molar-refractivity contribution in [2.24, 2.45) is 0 Å². The van der Waals surface area contributed by atoms with Gasteiger partial charge in [-0.1, -0.05) is 6.07 Å². The number of hydrogen-bond donors (Lipinski definition) is 1. The fourth-order valence-electron chi connectivity index (χ4n) is 1.89. The van der Waals surface area contributed by atoms with E-state index in [1.54, 1.807) is 0 Å². The Labute approximate surface area is 101 Å². The van der Waals surface area contributed by atoms with Gasteiger partial charge < -0.3 is 9.84 Å². The summed E-state index contributed by atoms with van der Waals surface area (Å²) in [7, 11) is 0. The predicted octanol–water partition coefficient (Wildman–Crippen LogP) is 2.95. The maximum Gasteiger partial charge on any atom is 0.336 e. The van der Waals surface area contributed by atoms with Crippen LogP contribution in [0.1, 0.15) is 23.7 Å². The lowest BCUT2D eigenvalue weighted by Crippen LogP contribution is -2.34. The lowest BCUT2D eigenvalue weighted by molar-refractivity contribution is -0.193. The van der Waals surface area contributed by atoms with Gasteiger partial charge >= 0.3 is 12.3 Å².